The van der Waals surface area contributed by atoms with Gasteiger partial charge in [-0.3, -0.25) is 4.98 Å². The molecule has 4 aromatic rings. The number of aryl methyl sites for hydroxylation is 1. The van der Waals surface area contributed by atoms with Gasteiger partial charge in [-0.05, 0) is 67.2 Å². The Morgan fingerprint density at radius 3 is 2.62 bits per heavy atom. The molecule has 1 aliphatic heterocycles. The van der Waals surface area contributed by atoms with Crippen molar-refractivity contribution >= 4 is 34.6 Å². The van der Waals surface area contributed by atoms with Gasteiger partial charge in [0.2, 0.25) is 0 Å². The largest absolute Gasteiger partial charge is 0.506 e. The van der Waals surface area contributed by atoms with Crippen LogP contribution in [0.2, 0.25) is 5.02 Å². The van der Waals surface area contributed by atoms with Crippen LogP contribution in [0.25, 0.3) is 11.3 Å². The van der Waals surface area contributed by atoms with E-state index in [0.29, 0.717) is 27.3 Å². The predicted molar refractivity (Wildman–Crippen MR) is 130 cm³/mol. The highest BCUT2D eigenvalue weighted by Crippen LogP contribution is 2.45. The molecule has 2 aromatic heterocycles. The number of aromatic nitrogens is 1. The fourth-order valence-corrected chi connectivity index (χ4v) is 4.50. The van der Waals surface area contributed by atoms with Crippen molar-refractivity contribution in [2.75, 3.05) is 4.90 Å². The number of nitrogens with zero attached hydrogens (tertiary/aromatic N) is 2. The zero-order chi connectivity index (χ0) is 22.2. The number of hydrogen-bond donors (Lipinski definition) is 2. The summed E-state index contributed by atoms with van der Waals surface area (Å²) in [5, 5.41) is 15.1. The Kier molecular flexibility index (Phi) is 5.33. The van der Waals surface area contributed by atoms with E-state index in [0.717, 1.165) is 16.8 Å². The number of anilines is 1. The molecule has 5 rings (SSSR count). The van der Waals surface area contributed by atoms with Crippen molar-refractivity contribution < 1.29 is 9.52 Å². The smallest absolute Gasteiger partial charge is 0.174 e. The Morgan fingerprint density at radius 2 is 1.88 bits per heavy atom. The summed E-state index contributed by atoms with van der Waals surface area (Å²) < 4.78 is 6.33. The van der Waals surface area contributed by atoms with Gasteiger partial charge in [0.05, 0.1) is 17.4 Å². The summed E-state index contributed by atoms with van der Waals surface area (Å²) in [6.07, 6.45) is 1.75. The van der Waals surface area contributed by atoms with Crippen molar-refractivity contribution in [3.63, 3.8) is 0 Å². The molecule has 1 fully saturated rings. The van der Waals surface area contributed by atoms with E-state index in [9.17, 15) is 5.11 Å². The minimum Gasteiger partial charge on any atom is -0.506 e. The van der Waals surface area contributed by atoms with Crippen LogP contribution in [0, 0.1) is 6.92 Å². The topological polar surface area (TPSA) is 61.5 Å². The van der Waals surface area contributed by atoms with Gasteiger partial charge in [-0.25, -0.2) is 0 Å². The van der Waals surface area contributed by atoms with Crippen molar-refractivity contribution in [2.45, 2.75) is 19.0 Å². The van der Waals surface area contributed by atoms with Crippen LogP contribution in [-0.2, 0) is 0 Å². The number of thiocarbonyl (C=S) groups is 1. The monoisotopic (exact) mass is 461 g/mol. The minimum absolute atomic E-state index is 0.139. The van der Waals surface area contributed by atoms with E-state index in [-0.39, 0.29) is 17.8 Å². The Labute approximate surface area is 196 Å². The lowest BCUT2D eigenvalue weighted by atomic mass is 10.0. The molecule has 5 nitrogen and oxygen atoms in total. The number of hydrogen-bond acceptors (Lipinski definition) is 4. The molecule has 2 N–H and O–H groups in total. The van der Waals surface area contributed by atoms with Gasteiger partial charge in [-0.2, -0.15) is 0 Å². The third-order valence-corrected chi connectivity index (χ3v) is 6.34. The molecule has 2 atom stereocenters. The fraction of sp³-hybridized carbons (Fsp3) is 0.120. The van der Waals surface area contributed by atoms with Crippen LogP contribution in [0.4, 0.5) is 5.69 Å². The summed E-state index contributed by atoms with van der Waals surface area (Å²) in [7, 11) is 0. The van der Waals surface area contributed by atoms with Gasteiger partial charge in [-0.1, -0.05) is 41.9 Å². The average Bonchev–Trinajstić information content (AvgIpc) is 3.41. The fourth-order valence-electron chi connectivity index (χ4n) is 3.98. The Hall–Kier alpha value is -3.35. The highest BCUT2D eigenvalue weighted by atomic mass is 35.5. The van der Waals surface area contributed by atoms with E-state index in [1.807, 2.05) is 72.5 Å². The van der Waals surface area contributed by atoms with Crippen LogP contribution >= 0.6 is 23.8 Å². The normalized spacial score (nSPS) is 18.1. The lowest BCUT2D eigenvalue weighted by Gasteiger charge is -2.26. The number of halogens is 1. The molecule has 32 heavy (non-hydrogen) atoms. The highest BCUT2D eigenvalue weighted by molar-refractivity contribution is 7.80. The van der Waals surface area contributed by atoms with Gasteiger partial charge in [0.15, 0.2) is 5.11 Å². The second-order valence-electron chi connectivity index (χ2n) is 7.65. The van der Waals surface area contributed by atoms with Crippen molar-refractivity contribution in [1.82, 2.24) is 10.3 Å². The Morgan fingerprint density at radius 1 is 1.06 bits per heavy atom. The number of pyridine rings is 1. The minimum atomic E-state index is -0.347. The van der Waals surface area contributed by atoms with Gasteiger partial charge in [0, 0.05) is 16.8 Å². The highest BCUT2D eigenvalue weighted by Gasteiger charge is 2.43. The first-order valence-electron chi connectivity index (χ1n) is 10.2. The molecule has 0 aliphatic carbocycles. The average molecular weight is 462 g/mol. The van der Waals surface area contributed by atoms with Crippen molar-refractivity contribution in [3.8, 4) is 17.1 Å². The van der Waals surface area contributed by atoms with E-state index in [1.54, 1.807) is 18.3 Å². The maximum atomic E-state index is 10.6. The second-order valence-corrected chi connectivity index (χ2v) is 8.45. The molecule has 1 aliphatic rings. The van der Waals surface area contributed by atoms with Crippen LogP contribution in [0.5, 0.6) is 5.75 Å². The molecule has 0 saturated carbocycles. The molecular weight excluding hydrogens is 442 g/mol. The summed E-state index contributed by atoms with van der Waals surface area (Å²) in [6, 6.07) is 22.0. The van der Waals surface area contributed by atoms with E-state index in [2.05, 4.69) is 10.3 Å². The third kappa shape index (κ3) is 3.61. The second kappa shape index (κ2) is 8.30. The van der Waals surface area contributed by atoms with Crippen molar-refractivity contribution in [2.24, 2.45) is 0 Å². The number of furan rings is 1. The van der Waals surface area contributed by atoms with E-state index in [1.165, 1.54) is 0 Å². The van der Waals surface area contributed by atoms with Gasteiger partial charge in [-0.15, -0.1) is 0 Å². The van der Waals surface area contributed by atoms with Crippen LogP contribution in [0.1, 0.15) is 29.1 Å². The molecule has 3 heterocycles. The number of phenolic OH excluding ortho intramolecular Hbond substituents is 1. The number of rotatable bonds is 4. The summed E-state index contributed by atoms with van der Waals surface area (Å²) in [5.41, 5.74) is 3.33. The standard InChI is InChI=1S/C25H20ClN3O2S/c1-15-9-10-16(14-17(15)26)21-11-12-22(31-21)24-23(18-6-4-5-13-27-18)28-25(32)29(24)19-7-2-3-8-20(19)30/h2-14,23-24,30H,1H3,(H,28,32)/t23-,24+/m1/s1. The van der Waals surface area contributed by atoms with Crippen molar-refractivity contribution in [3.05, 3.63) is 101 Å². The molecule has 2 aromatic carbocycles. The number of para-hydroxylation sites is 2. The molecule has 0 unspecified atom stereocenters. The maximum absolute atomic E-state index is 10.6. The Bertz CT molecular complexity index is 1290. The molecule has 0 amide bonds. The van der Waals surface area contributed by atoms with Crippen LogP contribution < -0.4 is 10.2 Å². The van der Waals surface area contributed by atoms with E-state index >= 15 is 0 Å². The molecule has 7 heteroatoms. The molecule has 0 radical (unpaired) electrons. The Balaban J connectivity index is 1.61. The number of benzene rings is 2. The summed E-state index contributed by atoms with van der Waals surface area (Å²) >= 11 is 12.0. The quantitative estimate of drug-likeness (QED) is 0.353. The first kappa shape index (κ1) is 20.5. The lowest BCUT2D eigenvalue weighted by molar-refractivity contribution is 0.434. The van der Waals surface area contributed by atoms with Gasteiger partial charge >= 0.3 is 0 Å². The maximum Gasteiger partial charge on any atom is 0.174 e. The first-order valence-corrected chi connectivity index (χ1v) is 11.0. The zero-order valence-electron chi connectivity index (χ0n) is 17.2. The van der Waals surface area contributed by atoms with E-state index < -0.39 is 0 Å². The summed E-state index contributed by atoms with van der Waals surface area (Å²) in [6.45, 7) is 1.96. The van der Waals surface area contributed by atoms with Crippen molar-refractivity contribution in [1.29, 1.82) is 0 Å². The number of nitrogens with one attached hydrogen (secondary N) is 1. The zero-order valence-corrected chi connectivity index (χ0v) is 18.8. The molecule has 1 saturated heterocycles. The predicted octanol–water partition coefficient (Wildman–Crippen LogP) is 6.19. The van der Waals surface area contributed by atoms with Crippen LogP contribution in [-0.4, -0.2) is 15.2 Å². The number of aromatic hydroxyl groups is 1. The van der Waals surface area contributed by atoms with Gasteiger partial charge in [0.1, 0.15) is 23.3 Å². The molecule has 0 bridgehead atoms. The molecule has 160 valence electrons. The molecule has 0 spiro atoms. The lowest BCUT2D eigenvalue weighted by Crippen LogP contribution is -2.29. The summed E-state index contributed by atoms with van der Waals surface area (Å²) in [4.78, 5) is 6.42. The molecular formula is C25H20ClN3O2S. The van der Waals surface area contributed by atoms with Gasteiger partial charge in [0.25, 0.3) is 0 Å². The SMILES string of the molecule is Cc1ccc(-c2ccc([C@H]3[C@@H](c4ccccn4)NC(=S)N3c3ccccc3O)o2)cc1Cl. The van der Waals surface area contributed by atoms with E-state index in [4.69, 9.17) is 28.2 Å². The number of phenols is 1. The van der Waals surface area contributed by atoms with Gasteiger partial charge < -0.3 is 19.7 Å². The summed E-state index contributed by atoms with van der Waals surface area (Å²) in [5.74, 6) is 1.54. The first-order chi connectivity index (χ1) is 15.5. The van der Waals surface area contributed by atoms with Crippen LogP contribution in [0.15, 0.2) is 83.4 Å². The van der Waals surface area contributed by atoms with Crippen LogP contribution in [0.3, 0.4) is 0 Å². The third-order valence-electron chi connectivity index (χ3n) is 5.61.